The first-order chi connectivity index (χ1) is 14.7. The van der Waals surface area contributed by atoms with E-state index in [1.807, 2.05) is 61.8 Å². The number of carbonyl (C=O) groups excluding carboxylic acids is 1. The van der Waals surface area contributed by atoms with E-state index in [4.69, 9.17) is 0 Å². The number of aryl methyl sites for hydroxylation is 1. The topological polar surface area (TPSA) is 59.8 Å². The zero-order valence-electron chi connectivity index (χ0n) is 16.9. The van der Waals surface area contributed by atoms with Crippen molar-refractivity contribution in [3.8, 4) is 11.3 Å². The molecule has 5 heteroatoms. The number of hydrogen-bond donors (Lipinski definition) is 1. The summed E-state index contributed by atoms with van der Waals surface area (Å²) in [6.07, 6.45) is 5.91. The van der Waals surface area contributed by atoms with Crippen molar-refractivity contribution < 1.29 is 4.79 Å². The molecule has 2 heterocycles. The number of carbonyl (C=O) groups is 1. The summed E-state index contributed by atoms with van der Waals surface area (Å²) in [6.45, 7) is 0.454. The molecular weight excluding hydrogens is 372 g/mol. The Labute approximate surface area is 176 Å². The van der Waals surface area contributed by atoms with Crippen molar-refractivity contribution in [3.05, 3.63) is 108 Å². The fourth-order valence-electron chi connectivity index (χ4n) is 3.51. The summed E-state index contributed by atoms with van der Waals surface area (Å²) in [4.78, 5) is 17.2. The summed E-state index contributed by atoms with van der Waals surface area (Å²) in [5, 5.41) is 7.21. The van der Waals surface area contributed by atoms with E-state index in [9.17, 15) is 4.79 Å². The molecule has 1 N–H and O–H groups in total. The second kappa shape index (κ2) is 9.18. The molecule has 0 aliphatic rings. The van der Waals surface area contributed by atoms with Crippen molar-refractivity contribution in [3.63, 3.8) is 0 Å². The molecule has 0 saturated carbocycles. The van der Waals surface area contributed by atoms with Gasteiger partial charge in [-0.2, -0.15) is 5.10 Å². The van der Waals surface area contributed by atoms with Crippen LogP contribution in [0.4, 0.5) is 0 Å². The van der Waals surface area contributed by atoms with Crippen molar-refractivity contribution >= 4 is 5.91 Å². The number of rotatable bonds is 7. The molecule has 1 amide bonds. The summed E-state index contributed by atoms with van der Waals surface area (Å²) in [6, 6.07) is 24.3. The van der Waals surface area contributed by atoms with Crippen LogP contribution in [0.5, 0.6) is 0 Å². The van der Waals surface area contributed by atoms with Crippen LogP contribution in [0.3, 0.4) is 0 Å². The van der Waals surface area contributed by atoms with Crippen molar-refractivity contribution in [2.24, 2.45) is 7.05 Å². The number of nitrogens with zero attached hydrogens (tertiary/aromatic N) is 3. The van der Waals surface area contributed by atoms with Crippen molar-refractivity contribution in [2.75, 3.05) is 0 Å². The minimum Gasteiger partial charge on any atom is -0.352 e. The average molecular weight is 396 g/mol. The van der Waals surface area contributed by atoms with Gasteiger partial charge in [-0.25, -0.2) is 0 Å². The predicted molar refractivity (Wildman–Crippen MR) is 118 cm³/mol. The summed E-state index contributed by atoms with van der Waals surface area (Å²) in [5.74, 6) is 0.0440. The molecule has 0 bridgehead atoms. The largest absolute Gasteiger partial charge is 0.352 e. The smallest absolute Gasteiger partial charge is 0.221 e. The predicted octanol–water partition coefficient (Wildman–Crippen LogP) is 4.32. The lowest BCUT2D eigenvalue weighted by atomic mass is 9.88. The maximum absolute atomic E-state index is 12.7. The first kappa shape index (κ1) is 19.6. The third kappa shape index (κ3) is 4.81. The maximum Gasteiger partial charge on any atom is 0.221 e. The van der Waals surface area contributed by atoms with Gasteiger partial charge >= 0.3 is 0 Å². The lowest BCUT2D eigenvalue weighted by Gasteiger charge is -2.18. The molecule has 30 heavy (non-hydrogen) atoms. The lowest BCUT2D eigenvalue weighted by Crippen LogP contribution is -2.25. The van der Waals surface area contributed by atoms with Gasteiger partial charge < -0.3 is 5.32 Å². The van der Waals surface area contributed by atoms with Crippen molar-refractivity contribution in [1.82, 2.24) is 20.1 Å². The second-order valence-electron chi connectivity index (χ2n) is 7.31. The molecule has 2 aromatic carbocycles. The van der Waals surface area contributed by atoms with Crippen LogP contribution in [0.1, 0.15) is 29.0 Å². The molecule has 0 saturated heterocycles. The zero-order chi connectivity index (χ0) is 20.8. The molecule has 0 unspecified atom stereocenters. The molecule has 4 aromatic rings. The van der Waals surface area contributed by atoms with Crippen molar-refractivity contribution in [1.29, 1.82) is 0 Å². The van der Waals surface area contributed by atoms with Crippen LogP contribution in [0.15, 0.2) is 91.4 Å². The monoisotopic (exact) mass is 396 g/mol. The van der Waals surface area contributed by atoms with Gasteiger partial charge in [0.2, 0.25) is 5.91 Å². The number of benzene rings is 2. The summed E-state index contributed by atoms with van der Waals surface area (Å²) in [5.41, 5.74) is 5.09. The Balaban J connectivity index is 1.40. The molecule has 5 nitrogen and oxygen atoms in total. The number of pyridine rings is 1. The Morgan fingerprint density at radius 1 is 0.933 bits per heavy atom. The van der Waals surface area contributed by atoms with E-state index >= 15 is 0 Å². The van der Waals surface area contributed by atoms with E-state index in [0.29, 0.717) is 13.0 Å². The lowest BCUT2D eigenvalue weighted by molar-refractivity contribution is -0.121. The van der Waals surface area contributed by atoms with E-state index in [-0.39, 0.29) is 11.8 Å². The standard InChI is InChI=1S/C25H24N4O/c1-29-18-22(17-28-29)24-13-12-19(15-26-24)16-27-25(30)14-23(20-8-4-2-5-9-20)21-10-6-3-7-11-21/h2-13,15,17-18,23H,14,16H2,1H3,(H,27,30). The van der Waals surface area contributed by atoms with Crippen LogP contribution in [-0.2, 0) is 18.4 Å². The summed E-state index contributed by atoms with van der Waals surface area (Å²) in [7, 11) is 1.88. The molecule has 0 fully saturated rings. The van der Waals surface area contributed by atoms with Crippen LogP contribution >= 0.6 is 0 Å². The highest BCUT2D eigenvalue weighted by molar-refractivity contribution is 5.77. The van der Waals surface area contributed by atoms with Crippen LogP contribution < -0.4 is 5.32 Å². The van der Waals surface area contributed by atoms with Gasteiger partial charge in [0.25, 0.3) is 0 Å². The molecule has 0 radical (unpaired) electrons. The maximum atomic E-state index is 12.7. The first-order valence-electron chi connectivity index (χ1n) is 9.99. The Bertz CT molecular complexity index is 1050. The zero-order valence-corrected chi connectivity index (χ0v) is 16.9. The van der Waals surface area contributed by atoms with Crippen LogP contribution in [-0.4, -0.2) is 20.7 Å². The first-order valence-corrected chi connectivity index (χ1v) is 9.99. The Kier molecular flexibility index (Phi) is 5.99. The third-order valence-electron chi connectivity index (χ3n) is 5.11. The van der Waals surface area contributed by atoms with Crippen LogP contribution in [0, 0.1) is 0 Å². The number of nitrogens with one attached hydrogen (secondary N) is 1. The number of aromatic nitrogens is 3. The number of hydrogen-bond acceptors (Lipinski definition) is 3. The third-order valence-corrected chi connectivity index (χ3v) is 5.11. The van der Waals surface area contributed by atoms with Crippen LogP contribution in [0.25, 0.3) is 11.3 Å². The molecule has 0 spiro atoms. The van der Waals surface area contributed by atoms with Gasteiger partial charge in [-0.05, 0) is 22.8 Å². The highest BCUT2D eigenvalue weighted by Gasteiger charge is 2.18. The molecule has 2 aromatic heterocycles. The fourth-order valence-corrected chi connectivity index (χ4v) is 3.51. The Hall–Kier alpha value is -3.73. The fraction of sp³-hybridized carbons (Fsp3) is 0.160. The van der Waals surface area contributed by atoms with E-state index in [1.165, 1.54) is 0 Å². The van der Waals surface area contributed by atoms with E-state index in [0.717, 1.165) is 27.9 Å². The summed E-state index contributed by atoms with van der Waals surface area (Å²) >= 11 is 0. The quantitative estimate of drug-likeness (QED) is 0.506. The SMILES string of the molecule is Cn1cc(-c2ccc(CNC(=O)CC(c3ccccc3)c3ccccc3)cn2)cn1. The van der Waals surface area contributed by atoms with Gasteiger partial charge in [0.15, 0.2) is 0 Å². The van der Waals surface area contributed by atoms with Gasteiger partial charge in [-0.1, -0.05) is 66.7 Å². The average Bonchev–Trinajstić information content (AvgIpc) is 3.24. The minimum absolute atomic E-state index is 0.0176. The normalized spacial score (nSPS) is 10.9. The molecular formula is C25H24N4O. The molecule has 4 rings (SSSR count). The van der Waals surface area contributed by atoms with E-state index < -0.39 is 0 Å². The molecule has 150 valence electrons. The number of amides is 1. The van der Waals surface area contributed by atoms with Gasteiger partial charge in [-0.15, -0.1) is 0 Å². The Morgan fingerprint density at radius 2 is 1.60 bits per heavy atom. The highest BCUT2D eigenvalue weighted by atomic mass is 16.1. The summed E-state index contributed by atoms with van der Waals surface area (Å²) < 4.78 is 1.75. The minimum atomic E-state index is 0.0176. The van der Waals surface area contributed by atoms with E-state index in [2.05, 4.69) is 39.7 Å². The highest BCUT2D eigenvalue weighted by Crippen LogP contribution is 2.27. The second-order valence-corrected chi connectivity index (χ2v) is 7.31. The van der Waals surface area contributed by atoms with Gasteiger partial charge in [0.05, 0.1) is 11.9 Å². The molecule has 0 aliphatic heterocycles. The van der Waals surface area contributed by atoms with Gasteiger partial charge in [0.1, 0.15) is 0 Å². The molecule has 0 aliphatic carbocycles. The van der Waals surface area contributed by atoms with Gasteiger partial charge in [0, 0.05) is 43.9 Å². The van der Waals surface area contributed by atoms with E-state index in [1.54, 1.807) is 17.1 Å². The van der Waals surface area contributed by atoms with Crippen molar-refractivity contribution in [2.45, 2.75) is 18.9 Å². The van der Waals surface area contributed by atoms with Gasteiger partial charge in [-0.3, -0.25) is 14.5 Å². The van der Waals surface area contributed by atoms with Crippen LogP contribution in [0.2, 0.25) is 0 Å². The Morgan fingerprint density at radius 3 is 2.13 bits per heavy atom. The molecule has 0 atom stereocenters.